The molecular formula is C9H12N6O5. The van der Waals surface area contributed by atoms with Crippen LogP contribution in [0.15, 0.2) is 22.2 Å². The third-order valence-corrected chi connectivity index (χ3v) is 2.97. The summed E-state index contributed by atoms with van der Waals surface area (Å²) in [5.74, 6) is -0.0252. The van der Waals surface area contributed by atoms with E-state index in [-0.39, 0.29) is 5.82 Å². The molecule has 0 amide bonds. The fourth-order valence-electron chi connectivity index (χ4n) is 1.93. The molecule has 1 aliphatic heterocycles. The molecule has 1 fully saturated rings. The summed E-state index contributed by atoms with van der Waals surface area (Å²) in [4.78, 5) is 17.6. The van der Waals surface area contributed by atoms with Crippen LogP contribution in [-0.2, 0) is 4.74 Å². The minimum absolute atomic E-state index is 0.0252. The number of rotatable bonds is 3. The van der Waals surface area contributed by atoms with Gasteiger partial charge in [0.1, 0.15) is 18.0 Å². The fraction of sp³-hybridized carbons (Fsp3) is 0.556. The van der Waals surface area contributed by atoms with E-state index in [1.165, 1.54) is 12.3 Å². The molecule has 0 spiro atoms. The minimum Gasteiger partial charge on any atom is -0.393 e. The molecule has 0 bridgehead atoms. The molecule has 0 radical (unpaired) electrons. The number of aliphatic hydroxyl groups is 3. The number of nitrogens with zero attached hydrogens (tertiary/aromatic N) is 5. The van der Waals surface area contributed by atoms with E-state index in [1.807, 2.05) is 0 Å². The average Bonchev–Trinajstić information content (AvgIpc) is 2.65. The summed E-state index contributed by atoms with van der Waals surface area (Å²) >= 11 is 0. The smallest absolute Gasteiger partial charge is 0.351 e. The second-order valence-corrected chi connectivity index (χ2v) is 4.18. The highest BCUT2D eigenvalue weighted by molar-refractivity contribution is 5.23. The van der Waals surface area contributed by atoms with Crippen LogP contribution in [0.25, 0.3) is 10.4 Å². The van der Waals surface area contributed by atoms with Gasteiger partial charge in [-0.05, 0) is 11.6 Å². The molecule has 0 unspecified atom stereocenters. The molecule has 5 N–H and O–H groups in total. The molecule has 2 heterocycles. The zero-order chi connectivity index (χ0) is 14.9. The predicted molar refractivity (Wildman–Crippen MR) is 64.0 cm³/mol. The Labute approximate surface area is 111 Å². The van der Waals surface area contributed by atoms with Crippen molar-refractivity contribution >= 4 is 5.82 Å². The van der Waals surface area contributed by atoms with Crippen LogP contribution in [0, 0.1) is 0 Å². The number of hydrogen-bond acceptors (Lipinski definition) is 8. The lowest BCUT2D eigenvalue weighted by atomic mass is 10.1. The van der Waals surface area contributed by atoms with Crippen LogP contribution in [-0.4, -0.2) is 49.4 Å². The summed E-state index contributed by atoms with van der Waals surface area (Å²) in [5, 5.41) is 32.2. The van der Waals surface area contributed by atoms with Gasteiger partial charge in [0.25, 0.3) is 0 Å². The number of hydrogen-bond donors (Lipinski definition) is 4. The Morgan fingerprint density at radius 2 is 2.35 bits per heavy atom. The van der Waals surface area contributed by atoms with Gasteiger partial charge in [-0.3, -0.25) is 4.57 Å². The number of aliphatic hydroxyl groups excluding tert-OH is 3. The van der Waals surface area contributed by atoms with Gasteiger partial charge in [0, 0.05) is 11.1 Å². The second-order valence-electron chi connectivity index (χ2n) is 4.18. The lowest BCUT2D eigenvalue weighted by Crippen LogP contribution is -2.44. The molecule has 1 saturated heterocycles. The zero-order valence-electron chi connectivity index (χ0n) is 10.1. The number of ether oxygens (including phenoxy) is 1. The average molecular weight is 284 g/mol. The maximum Gasteiger partial charge on any atom is 0.351 e. The van der Waals surface area contributed by atoms with Crippen molar-refractivity contribution in [2.45, 2.75) is 24.2 Å². The van der Waals surface area contributed by atoms with Crippen molar-refractivity contribution in [1.82, 2.24) is 9.55 Å². The zero-order valence-corrected chi connectivity index (χ0v) is 10.1. The Bertz CT molecular complexity index is 613. The Hall–Kier alpha value is -2.17. The maximum atomic E-state index is 11.7. The first-order valence-electron chi connectivity index (χ1n) is 5.51. The van der Waals surface area contributed by atoms with Crippen LogP contribution in [0.1, 0.15) is 6.23 Å². The largest absolute Gasteiger partial charge is 0.393 e. The maximum absolute atomic E-state index is 11.7. The normalized spacial score (nSPS) is 32.9. The van der Waals surface area contributed by atoms with Gasteiger partial charge in [-0.1, -0.05) is 5.11 Å². The summed E-state index contributed by atoms with van der Waals surface area (Å²) in [6.45, 7) is -0.872. The van der Waals surface area contributed by atoms with Gasteiger partial charge >= 0.3 is 5.69 Å². The topological polar surface area (TPSA) is 180 Å². The molecule has 0 saturated carbocycles. The molecular weight excluding hydrogens is 272 g/mol. The molecule has 108 valence electrons. The molecule has 1 aliphatic rings. The molecule has 4 atom stereocenters. The summed E-state index contributed by atoms with van der Waals surface area (Å²) < 4.78 is 6.05. The molecule has 0 aliphatic carbocycles. The first-order chi connectivity index (χ1) is 9.45. The molecule has 0 aromatic carbocycles. The van der Waals surface area contributed by atoms with Crippen molar-refractivity contribution in [2.24, 2.45) is 5.11 Å². The molecule has 1 aromatic rings. The van der Waals surface area contributed by atoms with Crippen molar-refractivity contribution in [1.29, 1.82) is 0 Å². The first-order valence-corrected chi connectivity index (χ1v) is 5.51. The second kappa shape index (κ2) is 5.07. The van der Waals surface area contributed by atoms with Gasteiger partial charge in [-0.2, -0.15) is 4.98 Å². The summed E-state index contributed by atoms with van der Waals surface area (Å²) in [6.07, 6.45) is -3.48. The van der Waals surface area contributed by atoms with Crippen molar-refractivity contribution in [2.75, 3.05) is 12.3 Å². The van der Waals surface area contributed by atoms with Crippen LogP contribution in [0.4, 0.5) is 5.82 Å². The summed E-state index contributed by atoms with van der Waals surface area (Å²) in [6, 6.07) is 1.29. The fourth-order valence-corrected chi connectivity index (χ4v) is 1.93. The molecule has 11 nitrogen and oxygen atoms in total. The van der Waals surface area contributed by atoms with Crippen molar-refractivity contribution in [3.05, 3.63) is 33.2 Å². The predicted octanol–water partition coefficient (Wildman–Crippen LogP) is -1.92. The number of nitrogens with two attached hydrogens (primary N) is 1. The van der Waals surface area contributed by atoms with Crippen molar-refractivity contribution < 1.29 is 20.1 Å². The SMILES string of the molecule is [N-]=[N+]=N[C@]1(CO)O[C@@H](n2ccc(N)nc2=O)[C@@H](O)[C@@H]1O. The molecule has 2 rings (SSSR count). The Morgan fingerprint density at radius 1 is 1.65 bits per heavy atom. The van der Waals surface area contributed by atoms with Gasteiger partial charge in [0.05, 0.1) is 6.61 Å². The molecule has 20 heavy (non-hydrogen) atoms. The lowest BCUT2D eigenvalue weighted by molar-refractivity contribution is -0.125. The molecule has 11 heteroatoms. The minimum atomic E-state index is -2.07. The van der Waals surface area contributed by atoms with Crippen molar-refractivity contribution in [3.8, 4) is 0 Å². The van der Waals surface area contributed by atoms with E-state index in [4.69, 9.17) is 16.0 Å². The molecule has 1 aromatic heterocycles. The third kappa shape index (κ3) is 2.09. The van der Waals surface area contributed by atoms with Crippen LogP contribution in [0.3, 0.4) is 0 Å². The number of azide groups is 1. The Morgan fingerprint density at radius 3 is 2.90 bits per heavy atom. The highest BCUT2D eigenvalue weighted by Crippen LogP contribution is 2.37. The van der Waals surface area contributed by atoms with E-state index >= 15 is 0 Å². The summed E-state index contributed by atoms with van der Waals surface area (Å²) in [5.41, 5.74) is 10.9. The van der Waals surface area contributed by atoms with Crippen LogP contribution in [0.2, 0.25) is 0 Å². The number of anilines is 1. The van der Waals surface area contributed by atoms with Gasteiger partial charge in [-0.25, -0.2) is 4.79 Å². The summed E-state index contributed by atoms with van der Waals surface area (Å²) in [7, 11) is 0. The Kier molecular flexibility index (Phi) is 3.61. The van der Waals surface area contributed by atoms with E-state index in [2.05, 4.69) is 15.0 Å². The van der Waals surface area contributed by atoms with Crippen LogP contribution >= 0.6 is 0 Å². The van der Waals surface area contributed by atoms with Crippen LogP contribution < -0.4 is 11.4 Å². The lowest BCUT2D eigenvalue weighted by Gasteiger charge is -2.23. The van der Waals surface area contributed by atoms with E-state index < -0.39 is 36.5 Å². The van der Waals surface area contributed by atoms with Gasteiger partial charge < -0.3 is 25.8 Å². The first kappa shape index (κ1) is 14.2. The van der Waals surface area contributed by atoms with Crippen LogP contribution in [0.5, 0.6) is 0 Å². The quantitative estimate of drug-likeness (QED) is 0.283. The highest BCUT2D eigenvalue weighted by Gasteiger charge is 2.54. The van der Waals surface area contributed by atoms with Crippen molar-refractivity contribution in [3.63, 3.8) is 0 Å². The van der Waals surface area contributed by atoms with E-state index in [0.29, 0.717) is 0 Å². The third-order valence-electron chi connectivity index (χ3n) is 2.97. The van der Waals surface area contributed by atoms with E-state index in [0.717, 1.165) is 4.57 Å². The number of nitrogen functional groups attached to an aromatic ring is 1. The standard InChI is InChI=1S/C9H12N6O5/c10-4-1-2-15(8(19)12-4)7-5(17)6(18)9(3-16,20-7)13-14-11/h1-2,5-7,16-18H,3H2,(H2,10,12,19)/t5-,6-,7+,9+/m0/s1. The van der Waals surface area contributed by atoms with Gasteiger partial charge in [0.2, 0.25) is 5.72 Å². The van der Waals surface area contributed by atoms with E-state index in [9.17, 15) is 20.1 Å². The Balaban J connectivity index is 2.45. The van der Waals surface area contributed by atoms with Gasteiger partial charge in [-0.15, -0.1) is 0 Å². The van der Waals surface area contributed by atoms with E-state index in [1.54, 1.807) is 0 Å². The van der Waals surface area contributed by atoms with Gasteiger partial charge in [0.15, 0.2) is 6.23 Å². The highest BCUT2D eigenvalue weighted by atomic mass is 16.6. The number of aromatic nitrogens is 2. The monoisotopic (exact) mass is 284 g/mol.